The molecule has 2 aromatic carbocycles. The largest absolute Gasteiger partial charge is 0.334 e. The molecule has 1 aliphatic rings. The first kappa shape index (κ1) is 17.4. The van der Waals surface area contributed by atoms with E-state index in [0.29, 0.717) is 29.5 Å². The van der Waals surface area contributed by atoms with Crippen LogP contribution < -0.4 is 4.90 Å². The van der Waals surface area contributed by atoms with E-state index in [9.17, 15) is 9.18 Å². The van der Waals surface area contributed by atoms with Crippen molar-refractivity contribution in [3.63, 3.8) is 0 Å². The molecular formula is C21H20FN3O2. The molecule has 1 saturated heterocycles. The molecule has 4 rings (SSSR count). The Labute approximate surface area is 156 Å². The lowest BCUT2D eigenvalue weighted by Gasteiger charge is -2.18. The number of carbonyl (C=O) groups excluding carboxylic acids is 1. The highest BCUT2D eigenvalue weighted by atomic mass is 19.1. The molecule has 0 saturated carbocycles. The van der Waals surface area contributed by atoms with Gasteiger partial charge in [-0.15, -0.1) is 0 Å². The van der Waals surface area contributed by atoms with Gasteiger partial charge >= 0.3 is 0 Å². The van der Waals surface area contributed by atoms with E-state index in [1.54, 1.807) is 24.0 Å². The number of halogens is 1. The van der Waals surface area contributed by atoms with Gasteiger partial charge in [0.05, 0.1) is 0 Å². The Morgan fingerprint density at radius 2 is 2.00 bits per heavy atom. The van der Waals surface area contributed by atoms with Gasteiger partial charge in [0.25, 0.3) is 5.89 Å². The van der Waals surface area contributed by atoms with E-state index in [-0.39, 0.29) is 24.1 Å². The first-order valence-corrected chi connectivity index (χ1v) is 9.05. The van der Waals surface area contributed by atoms with Crippen molar-refractivity contribution < 1.29 is 13.7 Å². The normalized spacial score (nSPS) is 16.9. The summed E-state index contributed by atoms with van der Waals surface area (Å²) in [6, 6.07) is 12.8. The Kier molecular flexibility index (Phi) is 4.48. The van der Waals surface area contributed by atoms with Crippen LogP contribution in [0.15, 0.2) is 47.0 Å². The first-order valence-electron chi connectivity index (χ1n) is 9.05. The van der Waals surface area contributed by atoms with Crippen LogP contribution in [-0.4, -0.2) is 22.6 Å². The van der Waals surface area contributed by atoms with Crippen LogP contribution in [0.25, 0.3) is 11.5 Å². The molecule has 1 unspecified atom stereocenters. The molecule has 1 amide bonds. The van der Waals surface area contributed by atoms with E-state index in [2.05, 4.69) is 17.1 Å². The lowest BCUT2D eigenvalue weighted by atomic mass is 10.1. The summed E-state index contributed by atoms with van der Waals surface area (Å²) in [5.74, 6) is 0.399. The Hall–Kier alpha value is -3.02. The van der Waals surface area contributed by atoms with Crippen LogP contribution in [0.5, 0.6) is 0 Å². The van der Waals surface area contributed by atoms with Crippen LogP contribution >= 0.6 is 0 Å². The number of benzene rings is 2. The maximum absolute atomic E-state index is 13.8. The van der Waals surface area contributed by atoms with Crippen LogP contribution in [0.3, 0.4) is 0 Å². The molecule has 0 bridgehead atoms. The minimum Gasteiger partial charge on any atom is -0.334 e. The lowest BCUT2D eigenvalue weighted by molar-refractivity contribution is -0.117. The van der Waals surface area contributed by atoms with Crippen molar-refractivity contribution in [1.82, 2.24) is 10.1 Å². The average Bonchev–Trinajstić information content (AvgIpc) is 3.31. The fourth-order valence-corrected chi connectivity index (χ4v) is 3.40. The topological polar surface area (TPSA) is 59.2 Å². The second kappa shape index (κ2) is 6.95. The van der Waals surface area contributed by atoms with Crippen LogP contribution in [0.2, 0.25) is 0 Å². The summed E-state index contributed by atoms with van der Waals surface area (Å²) in [6.45, 7) is 4.19. The van der Waals surface area contributed by atoms with E-state index in [0.717, 1.165) is 12.0 Å². The Morgan fingerprint density at radius 1 is 1.22 bits per heavy atom. The van der Waals surface area contributed by atoms with Crippen molar-refractivity contribution in [1.29, 1.82) is 0 Å². The van der Waals surface area contributed by atoms with Crippen LogP contribution in [-0.2, 0) is 11.2 Å². The Balaban J connectivity index is 1.56. The molecular weight excluding hydrogens is 345 g/mol. The third-order valence-corrected chi connectivity index (χ3v) is 5.07. The predicted octanol–water partition coefficient (Wildman–Crippen LogP) is 4.27. The number of anilines is 1. The van der Waals surface area contributed by atoms with Gasteiger partial charge in [-0.05, 0) is 43.2 Å². The zero-order valence-corrected chi connectivity index (χ0v) is 15.3. The molecule has 27 heavy (non-hydrogen) atoms. The summed E-state index contributed by atoms with van der Waals surface area (Å²) in [6.07, 6.45) is 1.25. The van der Waals surface area contributed by atoms with E-state index < -0.39 is 0 Å². The molecule has 3 aromatic rings. The summed E-state index contributed by atoms with van der Waals surface area (Å²) in [4.78, 5) is 18.6. The number of carbonyl (C=O) groups is 1. The quantitative estimate of drug-likeness (QED) is 0.693. The molecule has 0 radical (unpaired) electrons. The van der Waals surface area contributed by atoms with Crippen molar-refractivity contribution in [2.75, 3.05) is 11.4 Å². The number of amides is 1. The number of aryl methyl sites for hydroxylation is 1. The SMILES string of the molecule is CCc1ccc(-c2nc(C3CC(=O)N(c4cccc(F)c4C)C3)no2)cc1. The van der Waals surface area contributed by atoms with Crippen molar-refractivity contribution in [2.45, 2.75) is 32.6 Å². The van der Waals surface area contributed by atoms with E-state index in [1.165, 1.54) is 11.6 Å². The minimum atomic E-state index is -0.318. The molecule has 1 fully saturated rings. The number of nitrogens with zero attached hydrogens (tertiary/aromatic N) is 3. The summed E-state index contributed by atoms with van der Waals surface area (Å²) >= 11 is 0. The highest BCUT2D eigenvalue weighted by Crippen LogP contribution is 2.33. The summed E-state index contributed by atoms with van der Waals surface area (Å²) in [5.41, 5.74) is 3.16. The second-order valence-corrected chi connectivity index (χ2v) is 6.80. The van der Waals surface area contributed by atoms with E-state index in [4.69, 9.17) is 4.52 Å². The average molecular weight is 365 g/mol. The minimum absolute atomic E-state index is 0.0626. The van der Waals surface area contributed by atoms with Gasteiger partial charge in [0.2, 0.25) is 5.91 Å². The van der Waals surface area contributed by atoms with Gasteiger partial charge in [-0.2, -0.15) is 4.98 Å². The van der Waals surface area contributed by atoms with Gasteiger partial charge in [-0.3, -0.25) is 4.79 Å². The Bertz CT molecular complexity index is 981. The highest BCUT2D eigenvalue weighted by Gasteiger charge is 2.35. The molecule has 5 nitrogen and oxygen atoms in total. The first-order chi connectivity index (χ1) is 13.1. The van der Waals surface area contributed by atoms with Gasteiger partial charge in [0.15, 0.2) is 5.82 Å². The molecule has 1 atom stereocenters. The van der Waals surface area contributed by atoms with Crippen molar-refractivity contribution >= 4 is 11.6 Å². The standard InChI is InChI=1S/C21H20FN3O2/c1-3-14-7-9-15(10-8-14)21-23-20(24-27-21)16-11-19(26)25(12-16)18-6-4-5-17(22)13(18)2/h4-10,16H,3,11-12H2,1-2H3. The predicted molar refractivity (Wildman–Crippen MR) is 100.0 cm³/mol. The fraction of sp³-hybridized carbons (Fsp3) is 0.286. The number of aromatic nitrogens is 2. The van der Waals surface area contributed by atoms with Crippen molar-refractivity contribution in [2.24, 2.45) is 0 Å². The van der Waals surface area contributed by atoms with Crippen LogP contribution in [0.4, 0.5) is 10.1 Å². The number of rotatable bonds is 4. The molecule has 1 aliphatic heterocycles. The van der Waals surface area contributed by atoms with Gasteiger partial charge in [-0.1, -0.05) is 30.3 Å². The van der Waals surface area contributed by atoms with Gasteiger partial charge < -0.3 is 9.42 Å². The monoisotopic (exact) mass is 365 g/mol. The highest BCUT2D eigenvalue weighted by molar-refractivity contribution is 5.97. The maximum Gasteiger partial charge on any atom is 0.257 e. The summed E-state index contributed by atoms with van der Waals surface area (Å²) in [5, 5.41) is 4.08. The molecule has 2 heterocycles. The zero-order chi connectivity index (χ0) is 19.0. The lowest BCUT2D eigenvalue weighted by Crippen LogP contribution is -2.25. The molecule has 0 aliphatic carbocycles. The summed E-state index contributed by atoms with van der Waals surface area (Å²) in [7, 11) is 0. The molecule has 0 N–H and O–H groups in total. The number of hydrogen-bond donors (Lipinski definition) is 0. The van der Waals surface area contributed by atoms with Gasteiger partial charge in [-0.25, -0.2) is 4.39 Å². The van der Waals surface area contributed by atoms with Gasteiger partial charge in [0.1, 0.15) is 5.82 Å². The number of hydrogen-bond acceptors (Lipinski definition) is 4. The van der Waals surface area contributed by atoms with E-state index >= 15 is 0 Å². The smallest absolute Gasteiger partial charge is 0.257 e. The van der Waals surface area contributed by atoms with Crippen LogP contribution in [0, 0.1) is 12.7 Å². The maximum atomic E-state index is 13.8. The van der Waals surface area contributed by atoms with Crippen molar-refractivity contribution in [3.8, 4) is 11.5 Å². The summed E-state index contributed by atoms with van der Waals surface area (Å²) < 4.78 is 19.3. The van der Waals surface area contributed by atoms with Crippen molar-refractivity contribution in [3.05, 3.63) is 65.2 Å². The second-order valence-electron chi connectivity index (χ2n) is 6.80. The molecule has 6 heteroatoms. The third-order valence-electron chi connectivity index (χ3n) is 5.07. The van der Waals surface area contributed by atoms with E-state index in [1.807, 2.05) is 24.3 Å². The van der Waals surface area contributed by atoms with Gasteiger partial charge in [0, 0.05) is 35.7 Å². The third kappa shape index (κ3) is 3.23. The fourth-order valence-electron chi connectivity index (χ4n) is 3.40. The Morgan fingerprint density at radius 3 is 2.74 bits per heavy atom. The molecule has 1 aromatic heterocycles. The zero-order valence-electron chi connectivity index (χ0n) is 15.3. The molecule has 0 spiro atoms. The van der Waals surface area contributed by atoms with Crippen LogP contribution in [0.1, 0.15) is 36.2 Å². The molecule has 138 valence electrons.